The third-order valence-corrected chi connectivity index (χ3v) is 4.07. The molecule has 0 aromatic heterocycles. The van der Waals surface area contributed by atoms with E-state index in [2.05, 4.69) is 22.5 Å². The number of nitrogens with zero attached hydrogens (tertiary/aromatic N) is 1. The zero-order valence-electron chi connectivity index (χ0n) is 15.8. The van der Waals surface area contributed by atoms with Gasteiger partial charge in [0.2, 0.25) is 0 Å². The zero-order valence-corrected chi connectivity index (χ0v) is 18.2. The first-order valence-electron chi connectivity index (χ1n) is 9.48. The number of nitrogens with one attached hydrogen (secondary N) is 2. The van der Waals surface area contributed by atoms with Gasteiger partial charge in [-0.05, 0) is 44.9 Å². The van der Waals surface area contributed by atoms with Crippen LogP contribution in [0.4, 0.5) is 0 Å². The van der Waals surface area contributed by atoms with Crippen molar-refractivity contribution in [3.63, 3.8) is 0 Å². The standard InChI is InChI=1S/C18H35N3O3.HI/c1-3-4-14-23-15-8-13-21-18(19-2)20-12-7-11-17(22)24-16-9-5-6-10-16;/h16H,3-15H2,1-2H3,(H2,19,20,21);1H. The number of carbonyl (C=O) groups is 1. The molecule has 6 nitrogen and oxygen atoms in total. The van der Waals surface area contributed by atoms with Gasteiger partial charge in [-0.2, -0.15) is 0 Å². The molecular formula is C18H36IN3O3. The summed E-state index contributed by atoms with van der Waals surface area (Å²) in [5.41, 5.74) is 0. The van der Waals surface area contributed by atoms with Gasteiger partial charge < -0.3 is 20.1 Å². The van der Waals surface area contributed by atoms with Crippen molar-refractivity contribution >= 4 is 35.9 Å². The number of esters is 1. The molecular weight excluding hydrogens is 433 g/mol. The highest BCUT2D eigenvalue weighted by Gasteiger charge is 2.18. The molecule has 148 valence electrons. The molecule has 0 atom stereocenters. The van der Waals surface area contributed by atoms with Gasteiger partial charge in [0.15, 0.2) is 5.96 Å². The number of aliphatic imine (C=N–C) groups is 1. The van der Waals surface area contributed by atoms with Crippen LogP contribution >= 0.6 is 24.0 Å². The maximum atomic E-state index is 11.7. The predicted octanol–water partition coefficient (Wildman–Crippen LogP) is 3.24. The highest BCUT2D eigenvalue weighted by Crippen LogP contribution is 2.21. The first kappa shape index (κ1) is 24.4. The Morgan fingerprint density at radius 3 is 2.36 bits per heavy atom. The van der Waals surface area contributed by atoms with Gasteiger partial charge in [-0.3, -0.25) is 9.79 Å². The maximum absolute atomic E-state index is 11.7. The molecule has 0 aromatic carbocycles. The van der Waals surface area contributed by atoms with Gasteiger partial charge in [0.1, 0.15) is 6.10 Å². The molecule has 1 aliphatic carbocycles. The summed E-state index contributed by atoms with van der Waals surface area (Å²) < 4.78 is 11.0. The van der Waals surface area contributed by atoms with E-state index in [0.29, 0.717) is 13.0 Å². The first-order chi connectivity index (χ1) is 11.8. The molecule has 1 saturated carbocycles. The first-order valence-corrected chi connectivity index (χ1v) is 9.48. The van der Waals surface area contributed by atoms with Crippen LogP contribution in [-0.2, 0) is 14.3 Å². The number of ether oxygens (including phenoxy) is 2. The smallest absolute Gasteiger partial charge is 0.306 e. The quantitative estimate of drug-likeness (QED) is 0.151. The summed E-state index contributed by atoms with van der Waals surface area (Å²) >= 11 is 0. The second kappa shape index (κ2) is 16.9. The molecule has 1 aliphatic rings. The van der Waals surface area contributed by atoms with E-state index in [0.717, 1.165) is 57.8 Å². The van der Waals surface area contributed by atoms with Crippen molar-refractivity contribution in [1.82, 2.24) is 10.6 Å². The van der Waals surface area contributed by atoms with Crippen molar-refractivity contribution in [2.75, 3.05) is 33.4 Å². The van der Waals surface area contributed by atoms with Gasteiger partial charge in [0, 0.05) is 39.8 Å². The lowest BCUT2D eigenvalue weighted by molar-refractivity contribution is -0.148. The van der Waals surface area contributed by atoms with Gasteiger partial charge in [-0.15, -0.1) is 24.0 Å². The monoisotopic (exact) mass is 469 g/mol. The largest absolute Gasteiger partial charge is 0.462 e. The third kappa shape index (κ3) is 13.3. The van der Waals surface area contributed by atoms with E-state index in [4.69, 9.17) is 9.47 Å². The van der Waals surface area contributed by atoms with Gasteiger partial charge in [0.25, 0.3) is 0 Å². The summed E-state index contributed by atoms with van der Waals surface area (Å²) in [6, 6.07) is 0. The average Bonchev–Trinajstić information content (AvgIpc) is 3.08. The average molecular weight is 469 g/mol. The Hall–Kier alpha value is -0.570. The Balaban J connectivity index is 0.00000576. The van der Waals surface area contributed by atoms with Crippen molar-refractivity contribution in [2.45, 2.75) is 70.8 Å². The molecule has 0 amide bonds. The Bertz CT molecular complexity index is 361. The zero-order chi connectivity index (χ0) is 17.5. The van der Waals surface area contributed by atoms with Crippen molar-refractivity contribution in [3.8, 4) is 0 Å². The Morgan fingerprint density at radius 1 is 1.08 bits per heavy atom. The Kier molecular flexibility index (Phi) is 16.5. The molecule has 0 spiro atoms. The van der Waals surface area contributed by atoms with E-state index in [1.165, 1.54) is 19.3 Å². The number of hydrogen-bond donors (Lipinski definition) is 2. The second-order valence-corrected chi connectivity index (χ2v) is 6.25. The van der Waals surface area contributed by atoms with E-state index in [1.54, 1.807) is 7.05 Å². The Labute approximate surface area is 169 Å². The summed E-state index contributed by atoms with van der Waals surface area (Å²) in [6.07, 6.45) is 9.07. The molecule has 2 N–H and O–H groups in total. The SMILES string of the molecule is CCCCOCCCNC(=NC)NCCCC(=O)OC1CCCC1.I. The van der Waals surface area contributed by atoms with Gasteiger partial charge in [-0.1, -0.05) is 13.3 Å². The van der Waals surface area contributed by atoms with Crippen LogP contribution in [-0.4, -0.2) is 51.4 Å². The van der Waals surface area contributed by atoms with E-state index in [-0.39, 0.29) is 36.0 Å². The number of hydrogen-bond acceptors (Lipinski definition) is 4. The van der Waals surface area contributed by atoms with Crippen LogP contribution in [0, 0.1) is 0 Å². The minimum atomic E-state index is -0.0733. The van der Waals surface area contributed by atoms with Crippen molar-refractivity contribution in [2.24, 2.45) is 4.99 Å². The minimum absolute atomic E-state index is 0. The van der Waals surface area contributed by atoms with Crippen LogP contribution in [0.2, 0.25) is 0 Å². The molecule has 0 aliphatic heterocycles. The summed E-state index contributed by atoms with van der Waals surface area (Å²) in [4.78, 5) is 15.9. The highest BCUT2D eigenvalue weighted by molar-refractivity contribution is 14.0. The van der Waals surface area contributed by atoms with Crippen molar-refractivity contribution in [1.29, 1.82) is 0 Å². The van der Waals surface area contributed by atoms with Gasteiger partial charge >= 0.3 is 5.97 Å². The lowest BCUT2D eigenvalue weighted by Gasteiger charge is -2.13. The van der Waals surface area contributed by atoms with E-state index >= 15 is 0 Å². The van der Waals surface area contributed by atoms with Crippen LogP contribution < -0.4 is 10.6 Å². The van der Waals surface area contributed by atoms with Crippen LogP contribution in [0.3, 0.4) is 0 Å². The van der Waals surface area contributed by atoms with Crippen molar-refractivity contribution < 1.29 is 14.3 Å². The number of halogens is 1. The minimum Gasteiger partial charge on any atom is -0.462 e. The topological polar surface area (TPSA) is 72.0 Å². The summed E-state index contributed by atoms with van der Waals surface area (Å²) in [5.74, 6) is 0.698. The molecule has 0 saturated heterocycles. The molecule has 0 aromatic rings. The predicted molar refractivity (Wildman–Crippen MR) is 113 cm³/mol. The highest BCUT2D eigenvalue weighted by atomic mass is 127. The lowest BCUT2D eigenvalue weighted by Crippen LogP contribution is -2.38. The molecule has 1 rings (SSSR count). The summed E-state index contributed by atoms with van der Waals surface area (Å²) in [5, 5.41) is 6.47. The number of rotatable bonds is 12. The second-order valence-electron chi connectivity index (χ2n) is 6.25. The van der Waals surface area contributed by atoms with Crippen LogP contribution in [0.15, 0.2) is 4.99 Å². The number of carbonyl (C=O) groups excluding carboxylic acids is 1. The molecule has 7 heteroatoms. The Morgan fingerprint density at radius 2 is 1.72 bits per heavy atom. The fraction of sp³-hybridized carbons (Fsp3) is 0.889. The van der Waals surface area contributed by atoms with Crippen LogP contribution in [0.5, 0.6) is 0 Å². The maximum Gasteiger partial charge on any atom is 0.306 e. The molecule has 0 bridgehead atoms. The molecule has 1 fully saturated rings. The number of guanidine groups is 1. The number of unbranched alkanes of at least 4 members (excludes halogenated alkanes) is 1. The van der Waals surface area contributed by atoms with E-state index in [9.17, 15) is 4.79 Å². The van der Waals surface area contributed by atoms with Gasteiger partial charge in [0.05, 0.1) is 0 Å². The van der Waals surface area contributed by atoms with Gasteiger partial charge in [-0.25, -0.2) is 0 Å². The molecule has 0 heterocycles. The molecule has 25 heavy (non-hydrogen) atoms. The van der Waals surface area contributed by atoms with E-state index < -0.39 is 0 Å². The summed E-state index contributed by atoms with van der Waals surface area (Å²) in [7, 11) is 1.75. The molecule has 0 radical (unpaired) electrons. The van der Waals surface area contributed by atoms with Crippen LogP contribution in [0.25, 0.3) is 0 Å². The van der Waals surface area contributed by atoms with Crippen molar-refractivity contribution in [3.05, 3.63) is 0 Å². The summed E-state index contributed by atoms with van der Waals surface area (Å²) in [6.45, 7) is 5.33. The fourth-order valence-electron chi connectivity index (χ4n) is 2.64. The molecule has 0 unspecified atom stereocenters. The lowest BCUT2D eigenvalue weighted by atomic mass is 10.3. The fourth-order valence-corrected chi connectivity index (χ4v) is 2.64. The normalized spacial score (nSPS) is 14.9. The van der Waals surface area contributed by atoms with E-state index in [1.807, 2.05) is 0 Å². The van der Waals surface area contributed by atoms with Crippen LogP contribution in [0.1, 0.15) is 64.7 Å². The third-order valence-electron chi connectivity index (χ3n) is 4.07.